The van der Waals surface area contributed by atoms with Crippen LogP contribution in [-0.2, 0) is 16.1 Å². The summed E-state index contributed by atoms with van der Waals surface area (Å²) >= 11 is 0. The fourth-order valence-corrected chi connectivity index (χ4v) is 2.89. The van der Waals surface area contributed by atoms with E-state index in [9.17, 15) is 4.79 Å². The second kappa shape index (κ2) is 9.90. The molecule has 1 unspecified atom stereocenters. The van der Waals surface area contributed by atoms with Gasteiger partial charge in [0.15, 0.2) is 5.76 Å². The third kappa shape index (κ3) is 5.48. The van der Waals surface area contributed by atoms with E-state index in [1.165, 1.54) is 0 Å². The number of nitrogens with zero attached hydrogens (tertiary/aromatic N) is 1. The lowest BCUT2D eigenvalue weighted by Gasteiger charge is -2.26. The summed E-state index contributed by atoms with van der Waals surface area (Å²) in [6, 6.07) is 1.45. The van der Waals surface area contributed by atoms with Gasteiger partial charge in [-0.15, -0.1) is 12.4 Å². The Morgan fingerprint density at radius 2 is 2.04 bits per heavy atom. The molecule has 0 radical (unpaired) electrons. The van der Waals surface area contributed by atoms with Crippen molar-refractivity contribution < 1.29 is 14.1 Å². The summed E-state index contributed by atoms with van der Waals surface area (Å²) in [6.45, 7) is 5.98. The zero-order valence-corrected chi connectivity index (χ0v) is 14.7. The maximum atomic E-state index is 12.1. The van der Waals surface area contributed by atoms with Crippen molar-refractivity contribution in [3.8, 4) is 0 Å². The number of nitrogens with two attached hydrogens (primary N) is 1. The van der Waals surface area contributed by atoms with E-state index in [0.717, 1.165) is 31.4 Å². The highest BCUT2D eigenvalue weighted by Crippen LogP contribution is 2.22. The molecule has 0 spiro atoms. The second-order valence-corrected chi connectivity index (χ2v) is 5.92. The van der Waals surface area contributed by atoms with Crippen LogP contribution in [0, 0.1) is 5.92 Å². The van der Waals surface area contributed by atoms with Crippen molar-refractivity contribution in [1.29, 1.82) is 0 Å². The molecule has 6 nitrogen and oxygen atoms in total. The minimum Gasteiger partial charge on any atom is -0.381 e. The lowest BCUT2D eigenvalue weighted by atomic mass is 9.92. The first-order chi connectivity index (χ1) is 10.7. The Bertz CT molecular complexity index is 471. The molecule has 1 aliphatic rings. The number of amides is 1. The van der Waals surface area contributed by atoms with Crippen molar-refractivity contribution in [2.24, 2.45) is 11.7 Å². The maximum Gasteiger partial charge on any atom is 0.237 e. The molecule has 1 aromatic heterocycles. The maximum absolute atomic E-state index is 12.1. The van der Waals surface area contributed by atoms with Crippen LogP contribution in [0.1, 0.15) is 56.9 Å². The van der Waals surface area contributed by atoms with Crippen LogP contribution in [-0.4, -0.2) is 30.3 Å². The molecular weight excluding hydrogens is 318 g/mol. The summed E-state index contributed by atoms with van der Waals surface area (Å²) in [5.41, 5.74) is 7.00. The standard InChI is InChI=1S/C16H27N3O3.ClH/c1-3-11(4-2)14-9-13(22-19-14)10-18-16(20)15(17)12-5-7-21-8-6-12;/h9,11-12,15H,3-8,10,17H2,1-2H3,(H,18,20);1H. The Hall–Kier alpha value is -1.11. The molecule has 1 amide bonds. The van der Waals surface area contributed by atoms with Gasteiger partial charge < -0.3 is 20.3 Å². The zero-order chi connectivity index (χ0) is 15.9. The van der Waals surface area contributed by atoms with Gasteiger partial charge in [-0.05, 0) is 31.6 Å². The van der Waals surface area contributed by atoms with E-state index in [2.05, 4.69) is 24.3 Å². The fourth-order valence-electron chi connectivity index (χ4n) is 2.89. The van der Waals surface area contributed by atoms with Gasteiger partial charge in [-0.3, -0.25) is 4.79 Å². The Morgan fingerprint density at radius 3 is 2.65 bits per heavy atom. The van der Waals surface area contributed by atoms with E-state index < -0.39 is 6.04 Å². The van der Waals surface area contributed by atoms with Crippen molar-refractivity contribution in [3.05, 3.63) is 17.5 Å². The van der Waals surface area contributed by atoms with Crippen molar-refractivity contribution in [1.82, 2.24) is 10.5 Å². The second-order valence-electron chi connectivity index (χ2n) is 5.92. The molecule has 0 saturated carbocycles. The van der Waals surface area contributed by atoms with Gasteiger partial charge in [-0.1, -0.05) is 19.0 Å². The number of hydrogen-bond acceptors (Lipinski definition) is 5. The van der Waals surface area contributed by atoms with Gasteiger partial charge in [0.25, 0.3) is 0 Å². The average molecular weight is 346 g/mol. The van der Waals surface area contributed by atoms with E-state index in [4.69, 9.17) is 15.0 Å². The number of carbonyl (C=O) groups excluding carboxylic acids is 1. The Kier molecular flexibility index (Phi) is 8.58. The molecule has 0 bridgehead atoms. The highest BCUT2D eigenvalue weighted by atomic mass is 35.5. The molecule has 132 valence electrons. The molecule has 2 heterocycles. The van der Waals surface area contributed by atoms with Crippen LogP contribution in [0.2, 0.25) is 0 Å². The number of aromatic nitrogens is 1. The molecule has 2 rings (SSSR count). The van der Waals surface area contributed by atoms with E-state index in [1.54, 1.807) is 0 Å². The van der Waals surface area contributed by atoms with Crippen LogP contribution in [0.15, 0.2) is 10.6 Å². The lowest BCUT2D eigenvalue weighted by Crippen LogP contribution is -2.46. The van der Waals surface area contributed by atoms with Crippen LogP contribution in [0.25, 0.3) is 0 Å². The van der Waals surface area contributed by atoms with Gasteiger partial charge in [0.2, 0.25) is 5.91 Å². The van der Waals surface area contributed by atoms with Gasteiger partial charge in [0.05, 0.1) is 18.3 Å². The third-order valence-electron chi connectivity index (χ3n) is 4.49. The molecule has 23 heavy (non-hydrogen) atoms. The summed E-state index contributed by atoms with van der Waals surface area (Å²) in [6.07, 6.45) is 3.75. The zero-order valence-electron chi connectivity index (χ0n) is 13.9. The number of nitrogens with one attached hydrogen (secondary N) is 1. The minimum atomic E-state index is -0.481. The molecule has 1 atom stereocenters. The first-order valence-corrected chi connectivity index (χ1v) is 8.22. The summed E-state index contributed by atoms with van der Waals surface area (Å²) in [4.78, 5) is 12.1. The number of halogens is 1. The monoisotopic (exact) mass is 345 g/mol. The molecule has 3 N–H and O–H groups in total. The van der Waals surface area contributed by atoms with Crippen LogP contribution in [0.4, 0.5) is 0 Å². The summed E-state index contributed by atoms with van der Waals surface area (Å²) in [7, 11) is 0. The van der Waals surface area contributed by atoms with E-state index in [-0.39, 0.29) is 24.2 Å². The molecular formula is C16H28ClN3O3. The van der Waals surface area contributed by atoms with Crippen molar-refractivity contribution in [2.45, 2.75) is 58.0 Å². The summed E-state index contributed by atoms with van der Waals surface area (Å²) in [5, 5.41) is 6.94. The van der Waals surface area contributed by atoms with Crippen LogP contribution < -0.4 is 11.1 Å². The SMILES string of the molecule is CCC(CC)c1cc(CNC(=O)C(N)C2CCOCC2)on1.Cl. The predicted molar refractivity (Wildman–Crippen MR) is 90.4 cm³/mol. The van der Waals surface area contributed by atoms with Gasteiger partial charge in [-0.2, -0.15) is 0 Å². The predicted octanol–water partition coefficient (Wildman–Crippen LogP) is 2.37. The molecule has 1 fully saturated rings. The smallest absolute Gasteiger partial charge is 0.237 e. The quantitative estimate of drug-likeness (QED) is 0.791. The summed E-state index contributed by atoms with van der Waals surface area (Å²) in [5.74, 6) is 1.16. The van der Waals surface area contributed by atoms with Gasteiger partial charge in [0.1, 0.15) is 0 Å². The van der Waals surface area contributed by atoms with E-state index in [1.807, 2.05) is 6.07 Å². The van der Waals surface area contributed by atoms with Crippen molar-refractivity contribution in [2.75, 3.05) is 13.2 Å². The summed E-state index contributed by atoms with van der Waals surface area (Å²) < 4.78 is 10.6. The van der Waals surface area contributed by atoms with Gasteiger partial charge >= 0.3 is 0 Å². The molecule has 1 saturated heterocycles. The highest BCUT2D eigenvalue weighted by molar-refractivity contribution is 5.85. The Balaban J connectivity index is 0.00000264. The van der Waals surface area contributed by atoms with Crippen LogP contribution >= 0.6 is 12.4 Å². The number of hydrogen-bond donors (Lipinski definition) is 2. The van der Waals surface area contributed by atoms with Crippen LogP contribution in [0.5, 0.6) is 0 Å². The molecule has 1 aliphatic heterocycles. The van der Waals surface area contributed by atoms with Gasteiger partial charge in [-0.25, -0.2) is 0 Å². The number of rotatable bonds is 7. The largest absolute Gasteiger partial charge is 0.381 e. The number of ether oxygens (including phenoxy) is 1. The average Bonchev–Trinajstić information content (AvgIpc) is 3.02. The minimum absolute atomic E-state index is 0. The van der Waals surface area contributed by atoms with Crippen molar-refractivity contribution in [3.63, 3.8) is 0 Å². The first kappa shape index (κ1) is 19.9. The van der Waals surface area contributed by atoms with Gasteiger partial charge in [0, 0.05) is 25.2 Å². The van der Waals surface area contributed by atoms with E-state index in [0.29, 0.717) is 31.4 Å². The fraction of sp³-hybridized carbons (Fsp3) is 0.750. The Labute approximate surface area is 143 Å². The highest BCUT2D eigenvalue weighted by Gasteiger charge is 2.26. The Morgan fingerprint density at radius 1 is 1.39 bits per heavy atom. The van der Waals surface area contributed by atoms with E-state index >= 15 is 0 Å². The molecule has 0 aliphatic carbocycles. The molecule has 7 heteroatoms. The number of carbonyl (C=O) groups is 1. The third-order valence-corrected chi connectivity index (χ3v) is 4.49. The normalized spacial score (nSPS) is 16.9. The molecule has 1 aromatic rings. The topological polar surface area (TPSA) is 90.4 Å². The molecule has 0 aromatic carbocycles. The lowest BCUT2D eigenvalue weighted by molar-refractivity contribution is -0.124. The van der Waals surface area contributed by atoms with Crippen molar-refractivity contribution >= 4 is 18.3 Å². The first-order valence-electron chi connectivity index (χ1n) is 8.22. The van der Waals surface area contributed by atoms with Crippen LogP contribution in [0.3, 0.4) is 0 Å².